The van der Waals surface area contributed by atoms with Gasteiger partial charge in [0, 0.05) is 0 Å². The van der Waals surface area contributed by atoms with Gasteiger partial charge >= 0.3 is 0 Å². The van der Waals surface area contributed by atoms with Crippen LogP contribution in [0.1, 0.15) is 18.1 Å². The van der Waals surface area contributed by atoms with Crippen molar-refractivity contribution in [3.8, 4) is 0 Å². The molecule has 0 unspecified atom stereocenters. The maximum absolute atomic E-state index is 3.83. The van der Waals surface area contributed by atoms with Crippen LogP contribution in [-0.2, 0) is 0 Å². The van der Waals surface area contributed by atoms with Gasteiger partial charge in [0.2, 0.25) is 0 Å². The van der Waals surface area contributed by atoms with Crippen LogP contribution in [0, 0.1) is 6.92 Å². The van der Waals surface area contributed by atoms with Crippen molar-refractivity contribution in [1.29, 1.82) is 0 Å². The Balaban J connectivity index is 0.000000165. The first-order valence-corrected chi connectivity index (χ1v) is 5.42. The van der Waals surface area contributed by atoms with Crippen LogP contribution in [0.5, 0.6) is 0 Å². The summed E-state index contributed by atoms with van der Waals surface area (Å²) in [7, 11) is 0. The second-order valence-corrected chi connectivity index (χ2v) is 3.80. The van der Waals surface area contributed by atoms with E-state index in [1.165, 1.54) is 11.1 Å². The van der Waals surface area contributed by atoms with Crippen LogP contribution < -0.4 is 0 Å². The highest BCUT2D eigenvalue weighted by atomic mass is 13.9. The molecule has 2 aromatic carbocycles. The van der Waals surface area contributed by atoms with Crippen LogP contribution in [0.2, 0.25) is 0 Å². The predicted octanol–water partition coefficient (Wildman–Crippen LogP) is 4.71. The first-order valence-electron chi connectivity index (χ1n) is 5.42. The molecule has 0 aliphatic heterocycles. The summed E-state index contributed by atoms with van der Waals surface area (Å²) in [5, 5.41) is 0. The normalized spacial score (nSPS) is 8.88. The van der Waals surface area contributed by atoms with Crippen LogP contribution in [0.25, 0.3) is 5.57 Å². The first kappa shape index (κ1) is 12.3. The van der Waals surface area contributed by atoms with Gasteiger partial charge < -0.3 is 0 Å². The Hall–Kier alpha value is -1.82. The SMILES string of the molecule is C=C(C)c1ccccc1.Cc1ccccc1. The summed E-state index contributed by atoms with van der Waals surface area (Å²) in [5.41, 5.74) is 3.66. The van der Waals surface area contributed by atoms with Crippen molar-refractivity contribution in [2.75, 3.05) is 0 Å². The van der Waals surface area contributed by atoms with E-state index < -0.39 is 0 Å². The molecular weight excluding hydrogens is 192 g/mol. The van der Waals surface area contributed by atoms with Crippen molar-refractivity contribution < 1.29 is 0 Å². The second-order valence-electron chi connectivity index (χ2n) is 3.80. The summed E-state index contributed by atoms with van der Waals surface area (Å²) in [6.07, 6.45) is 0. The Labute approximate surface area is 98.3 Å². The van der Waals surface area contributed by atoms with E-state index in [-0.39, 0.29) is 0 Å². The zero-order valence-corrected chi connectivity index (χ0v) is 9.98. The smallest absolute Gasteiger partial charge is 0.0233 e. The zero-order chi connectivity index (χ0) is 11.8. The first-order chi connectivity index (χ1) is 7.70. The lowest BCUT2D eigenvalue weighted by molar-refractivity contribution is 1.48. The van der Waals surface area contributed by atoms with Crippen molar-refractivity contribution in [3.63, 3.8) is 0 Å². The molecule has 0 amide bonds. The molecule has 0 atom stereocenters. The lowest BCUT2D eigenvalue weighted by atomic mass is 10.1. The number of benzene rings is 2. The van der Waals surface area contributed by atoms with Crippen LogP contribution in [0.3, 0.4) is 0 Å². The highest BCUT2D eigenvalue weighted by Gasteiger charge is 1.86. The fraction of sp³-hybridized carbons (Fsp3) is 0.125. The third-order valence-corrected chi connectivity index (χ3v) is 2.21. The highest BCUT2D eigenvalue weighted by molar-refractivity contribution is 5.60. The molecule has 0 aromatic heterocycles. The highest BCUT2D eigenvalue weighted by Crippen LogP contribution is 2.08. The van der Waals surface area contributed by atoms with E-state index in [2.05, 4.69) is 37.8 Å². The van der Waals surface area contributed by atoms with Gasteiger partial charge in [0.1, 0.15) is 0 Å². The molecule has 0 spiro atoms. The van der Waals surface area contributed by atoms with Crippen molar-refractivity contribution in [2.45, 2.75) is 13.8 Å². The molecule has 2 aromatic rings. The summed E-state index contributed by atoms with van der Waals surface area (Å²) < 4.78 is 0. The summed E-state index contributed by atoms with van der Waals surface area (Å²) in [6.45, 7) is 7.92. The number of allylic oxidation sites excluding steroid dienone is 1. The molecule has 0 heterocycles. The second kappa shape index (κ2) is 6.62. The van der Waals surface area contributed by atoms with Crippen molar-refractivity contribution in [1.82, 2.24) is 0 Å². The molecule has 0 radical (unpaired) electrons. The summed E-state index contributed by atoms with van der Waals surface area (Å²) in [5.74, 6) is 0. The molecule has 0 saturated carbocycles. The van der Waals surface area contributed by atoms with E-state index in [9.17, 15) is 0 Å². The lowest BCUT2D eigenvalue weighted by Crippen LogP contribution is -1.72. The van der Waals surface area contributed by atoms with Gasteiger partial charge in [-0.2, -0.15) is 0 Å². The molecule has 0 nitrogen and oxygen atoms in total. The molecule has 82 valence electrons. The van der Waals surface area contributed by atoms with Gasteiger partial charge in [0.15, 0.2) is 0 Å². The van der Waals surface area contributed by atoms with Gasteiger partial charge in [-0.3, -0.25) is 0 Å². The summed E-state index contributed by atoms with van der Waals surface area (Å²) >= 11 is 0. The van der Waals surface area contributed by atoms with E-state index in [1.807, 2.05) is 43.3 Å². The zero-order valence-electron chi connectivity index (χ0n) is 9.98. The van der Waals surface area contributed by atoms with Crippen molar-refractivity contribution in [3.05, 3.63) is 78.4 Å². The van der Waals surface area contributed by atoms with Gasteiger partial charge in [-0.25, -0.2) is 0 Å². The molecular formula is C16H18. The molecule has 2 rings (SSSR count). The molecule has 0 N–H and O–H groups in total. The Bertz CT molecular complexity index is 412. The van der Waals surface area contributed by atoms with Crippen molar-refractivity contribution >= 4 is 5.57 Å². The van der Waals surface area contributed by atoms with Crippen LogP contribution in [0.15, 0.2) is 67.2 Å². The lowest BCUT2D eigenvalue weighted by Gasteiger charge is -1.94. The third-order valence-electron chi connectivity index (χ3n) is 2.21. The number of hydrogen-bond donors (Lipinski definition) is 0. The average Bonchev–Trinajstić information content (AvgIpc) is 2.32. The van der Waals surface area contributed by atoms with E-state index >= 15 is 0 Å². The minimum atomic E-state index is 1.12. The standard InChI is InChI=1S/C9H10.C7H8/c1-8(2)9-6-4-3-5-7-9;1-7-5-3-2-4-6-7/h3-7H,1H2,2H3;2-6H,1H3. The van der Waals surface area contributed by atoms with Crippen molar-refractivity contribution in [2.24, 2.45) is 0 Å². The quantitative estimate of drug-likeness (QED) is 0.639. The van der Waals surface area contributed by atoms with E-state index in [1.54, 1.807) is 0 Å². The van der Waals surface area contributed by atoms with E-state index in [4.69, 9.17) is 0 Å². The fourth-order valence-electron chi connectivity index (χ4n) is 1.26. The monoisotopic (exact) mass is 210 g/mol. The molecule has 0 aliphatic rings. The molecule has 0 bridgehead atoms. The molecule has 0 fully saturated rings. The molecule has 0 heteroatoms. The minimum absolute atomic E-state index is 1.12. The minimum Gasteiger partial charge on any atom is -0.0955 e. The van der Waals surface area contributed by atoms with Gasteiger partial charge in [0.05, 0.1) is 0 Å². The number of aryl methyl sites for hydroxylation is 1. The Kier molecular flexibility index (Phi) is 5.07. The Morgan fingerprint density at radius 2 is 1.25 bits per heavy atom. The molecule has 16 heavy (non-hydrogen) atoms. The van der Waals surface area contributed by atoms with Gasteiger partial charge in [-0.1, -0.05) is 78.4 Å². The van der Waals surface area contributed by atoms with Crippen LogP contribution in [0.4, 0.5) is 0 Å². The summed E-state index contributed by atoms with van der Waals surface area (Å²) in [6, 6.07) is 20.4. The van der Waals surface area contributed by atoms with Gasteiger partial charge in [0.25, 0.3) is 0 Å². The maximum Gasteiger partial charge on any atom is -0.0233 e. The van der Waals surface area contributed by atoms with Gasteiger partial charge in [-0.15, -0.1) is 0 Å². The van der Waals surface area contributed by atoms with E-state index in [0.29, 0.717) is 0 Å². The van der Waals surface area contributed by atoms with Crippen LogP contribution >= 0.6 is 0 Å². The Morgan fingerprint density at radius 3 is 1.50 bits per heavy atom. The Morgan fingerprint density at radius 1 is 0.812 bits per heavy atom. The molecule has 0 aliphatic carbocycles. The molecule has 0 saturated heterocycles. The van der Waals surface area contributed by atoms with Gasteiger partial charge in [-0.05, 0) is 19.4 Å². The average molecular weight is 210 g/mol. The largest absolute Gasteiger partial charge is 0.0955 e. The van der Waals surface area contributed by atoms with E-state index in [0.717, 1.165) is 5.57 Å². The van der Waals surface area contributed by atoms with Crippen LogP contribution in [-0.4, -0.2) is 0 Å². The number of rotatable bonds is 1. The maximum atomic E-state index is 3.83. The fourth-order valence-corrected chi connectivity index (χ4v) is 1.26. The summed E-state index contributed by atoms with van der Waals surface area (Å²) in [4.78, 5) is 0. The predicted molar refractivity (Wildman–Crippen MR) is 72.3 cm³/mol. The third kappa shape index (κ3) is 4.61. The number of hydrogen-bond acceptors (Lipinski definition) is 0. The topological polar surface area (TPSA) is 0 Å².